The lowest BCUT2D eigenvalue weighted by molar-refractivity contribution is -0.140. The Labute approximate surface area is 316 Å². The van der Waals surface area contributed by atoms with Crippen molar-refractivity contribution >= 4 is 62.3 Å². The normalized spacial score (nSPS) is 14.4. The van der Waals surface area contributed by atoms with Crippen LogP contribution in [0.2, 0.25) is 15.1 Å². The van der Waals surface area contributed by atoms with Gasteiger partial charge in [0.05, 0.1) is 21.2 Å². The minimum absolute atomic E-state index is 0.0558. The molecule has 0 aromatic heterocycles. The van der Waals surface area contributed by atoms with Crippen LogP contribution in [0.3, 0.4) is 0 Å². The minimum atomic E-state index is -4.92. The summed E-state index contributed by atoms with van der Waals surface area (Å²) in [4.78, 5) is 30.0. The number of halogens is 6. The molecular weight excluding hydrogens is 758 g/mol. The number of hydrogen-bond acceptors (Lipinski definition) is 4. The van der Waals surface area contributed by atoms with Gasteiger partial charge in [0.25, 0.3) is 10.0 Å². The van der Waals surface area contributed by atoms with Crippen LogP contribution in [0.5, 0.6) is 0 Å². The molecule has 4 aromatic rings. The molecule has 1 aliphatic carbocycles. The molecule has 7 nitrogen and oxygen atoms in total. The van der Waals surface area contributed by atoms with Crippen molar-refractivity contribution in [3.63, 3.8) is 0 Å². The number of amides is 2. The second-order valence-electron chi connectivity index (χ2n) is 12.8. The number of anilines is 1. The Bertz CT molecular complexity index is 1990. The fourth-order valence-electron chi connectivity index (χ4n) is 6.18. The van der Waals surface area contributed by atoms with Crippen LogP contribution in [0, 0.1) is 6.92 Å². The highest BCUT2D eigenvalue weighted by atomic mass is 35.5. The largest absolute Gasteiger partial charge is 0.417 e. The van der Waals surface area contributed by atoms with Crippen LogP contribution in [0.1, 0.15) is 54.4 Å². The van der Waals surface area contributed by atoms with E-state index < -0.39 is 56.9 Å². The molecule has 1 fully saturated rings. The predicted octanol–water partition coefficient (Wildman–Crippen LogP) is 9.26. The van der Waals surface area contributed by atoms with Gasteiger partial charge in [-0.3, -0.25) is 13.9 Å². The highest BCUT2D eigenvalue weighted by molar-refractivity contribution is 7.92. The maximum Gasteiger partial charge on any atom is 0.417 e. The molecule has 0 saturated heterocycles. The molecule has 1 atom stereocenters. The molecule has 1 saturated carbocycles. The summed E-state index contributed by atoms with van der Waals surface area (Å²) in [6.07, 6.45) is -0.422. The molecule has 1 aliphatic rings. The van der Waals surface area contributed by atoms with Gasteiger partial charge in [0, 0.05) is 29.1 Å². The number of carbonyl (C=O) groups is 2. The number of hydrogen-bond donors (Lipinski definition) is 1. The number of sulfonamides is 1. The van der Waals surface area contributed by atoms with Crippen LogP contribution in [-0.4, -0.2) is 43.8 Å². The third-order valence-corrected chi connectivity index (χ3v) is 11.7. The number of nitrogens with one attached hydrogen (secondary N) is 1. The molecule has 0 aliphatic heterocycles. The molecule has 0 spiro atoms. The molecular formula is C38H37Cl3F3N3O4S. The van der Waals surface area contributed by atoms with Crippen molar-refractivity contribution in [2.75, 3.05) is 10.8 Å². The first kappa shape index (κ1) is 39.4. The molecule has 2 amide bonds. The Morgan fingerprint density at radius 2 is 1.54 bits per heavy atom. The Morgan fingerprint density at radius 3 is 2.17 bits per heavy atom. The summed E-state index contributed by atoms with van der Waals surface area (Å²) in [5.74, 6) is -1.31. The second kappa shape index (κ2) is 16.9. The zero-order valence-electron chi connectivity index (χ0n) is 28.2. The van der Waals surface area contributed by atoms with E-state index in [9.17, 15) is 31.2 Å². The van der Waals surface area contributed by atoms with Crippen LogP contribution < -0.4 is 9.62 Å². The van der Waals surface area contributed by atoms with Gasteiger partial charge >= 0.3 is 6.18 Å². The summed E-state index contributed by atoms with van der Waals surface area (Å²) < 4.78 is 71.3. The van der Waals surface area contributed by atoms with E-state index in [4.69, 9.17) is 34.8 Å². The van der Waals surface area contributed by atoms with Gasteiger partial charge in [-0.15, -0.1) is 0 Å². The van der Waals surface area contributed by atoms with Gasteiger partial charge in [0.15, 0.2) is 0 Å². The van der Waals surface area contributed by atoms with E-state index in [0.29, 0.717) is 21.0 Å². The SMILES string of the molecule is Cc1ccc(S(=O)(=O)N(CC(=O)N(Cc2ccc(Cl)cc2Cl)[C@@H](Cc2ccccc2)C(=O)NC2CCCCC2)c2ccc(Cl)c(C(F)(F)F)c2)cc1. The lowest BCUT2D eigenvalue weighted by Crippen LogP contribution is -2.55. The van der Waals surface area contributed by atoms with Crippen LogP contribution >= 0.6 is 34.8 Å². The highest BCUT2D eigenvalue weighted by Crippen LogP contribution is 2.38. The Balaban J connectivity index is 1.63. The van der Waals surface area contributed by atoms with Crippen molar-refractivity contribution in [1.82, 2.24) is 10.2 Å². The number of carbonyl (C=O) groups excluding carboxylic acids is 2. The molecule has 0 radical (unpaired) electrons. The number of nitrogens with zero attached hydrogens (tertiary/aromatic N) is 2. The van der Waals surface area contributed by atoms with Crippen LogP contribution in [0.25, 0.3) is 0 Å². The minimum Gasteiger partial charge on any atom is -0.352 e. The van der Waals surface area contributed by atoms with Gasteiger partial charge in [0.1, 0.15) is 12.6 Å². The Kier molecular flexibility index (Phi) is 12.8. The first-order valence-corrected chi connectivity index (χ1v) is 19.2. The van der Waals surface area contributed by atoms with Crippen LogP contribution in [-0.2, 0) is 38.8 Å². The molecule has 0 heterocycles. The van der Waals surface area contributed by atoms with Gasteiger partial charge in [-0.05, 0) is 73.4 Å². The number of rotatable bonds is 12. The molecule has 5 rings (SSSR count). The summed E-state index contributed by atoms with van der Waals surface area (Å²) in [5.41, 5.74) is 0.166. The molecule has 14 heteroatoms. The maximum atomic E-state index is 14.7. The lowest BCUT2D eigenvalue weighted by Gasteiger charge is -2.35. The molecule has 276 valence electrons. The van der Waals surface area contributed by atoms with E-state index in [1.54, 1.807) is 43.3 Å². The van der Waals surface area contributed by atoms with Crippen molar-refractivity contribution in [2.45, 2.75) is 75.1 Å². The Hall–Kier alpha value is -3.77. The quantitative estimate of drug-likeness (QED) is 0.155. The monoisotopic (exact) mass is 793 g/mol. The molecule has 1 N–H and O–H groups in total. The first-order chi connectivity index (χ1) is 24.6. The standard InChI is InChI=1S/C38H37Cl3F3N3O4S/c1-25-12-17-31(18-13-25)52(50,51)47(30-16-19-33(40)32(22-30)38(42,43)44)24-36(48)46(23-27-14-15-28(39)21-34(27)41)35(20-26-8-4-2-5-9-26)37(49)45-29-10-6-3-7-11-29/h2,4-5,8-9,12-19,21-22,29,35H,3,6-7,10-11,20,23-24H2,1H3,(H,45,49)/t35-/m0/s1. The third-order valence-electron chi connectivity index (χ3n) is 9.01. The average molecular weight is 795 g/mol. The van der Waals surface area contributed by atoms with E-state index in [1.165, 1.54) is 35.2 Å². The van der Waals surface area contributed by atoms with Crippen LogP contribution in [0.4, 0.5) is 18.9 Å². The van der Waals surface area contributed by atoms with Crippen LogP contribution in [0.15, 0.2) is 95.9 Å². The van der Waals surface area contributed by atoms with E-state index in [-0.39, 0.29) is 28.9 Å². The highest BCUT2D eigenvalue weighted by Gasteiger charge is 2.38. The third kappa shape index (κ3) is 9.80. The van der Waals surface area contributed by atoms with Gasteiger partial charge in [-0.1, -0.05) is 108 Å². The molecule has 4 aromatic carbocycles. The fraction of sp³-hybridized carbons (Fsp3) is 0.316. The second-order valence-corrected chi connectivity index (χ2v) is 15.9. The van der Waals surface area contributed by atoms with Crippen molar-refractivity contribution in [2.24, 2.45) is 0 Å². The predicted molar refractivity (Wildman–Crippen MR) is 198 cm³/mol. The van der Waals surface area contributed by atoms with E-state index in [1.807, 2.05) is 6.07 Å². The zero-order chi connectivity index (χ0) is 37.6. The van der Waals surface area contributed by atoms with Gasteiger partial charge in [0.2, 0.25) is 11.8 Å². The topological polar surface area (TPSA) is 86.8 Å². The van der Waals surface area contributed by atoms with Crippen molar-refractivity contribution in [3.8, 4) is 0 Å². The molecule has 52 heavy (non-hydrogen) atoms. The van der Waals surface area contributed by atoms with Gasteiger partial charge in [-0.25, -0.2) is 8.42 Å². The smallest absolute Gasteiger partial charge is 0.352 e. The summed E-state index contributed by atoms with van der Waals surface area (Å²) >= 11 is 18.6. The summed E-state index contributed by atoms with van der Waals surface area (Å²) in [7, 11) is -4.66. The van der Waals surface area contributed by atoms with E-state index in [2.05, 4.69) is 5.32 Å². The van der Waals surface area contributed by atoms with Crippen molar-refractivity contribution in [1.29, 1.82) is 0 Å². The molecule has 0 bridgehead atoms. The number of benzene rings is 4. The van der Waals surface area contributed by atoms with E-state index in [0.717, 1.165) is 55.4 Å². The molecule has 0 unspecified atom stereocenters. The van der Waals surface area contributed by atoms with Crippen molar-refractivity contribution < 1.29 is 31.2 Å². The summed E-state index contributed by atoms with van der Waals surface area (Å²) in [5, 5.41) is 3.00. The van der Waals surface area contributed by atoms with E-state index >= 15 is 0 Å². The number of aryl methyl sites for hydroxylation is 1. The zero-order valence-corrected chi connectivity index (χ0v) is 31.3. The number of alkyl halides is 3. The lowest BCUT2D eigenvalue weighted by atomic mass is 9.94. The van der Waals surface area contributed by atoms with Gasteiger partial charge < -0.3 is 10.2 Å². The fourth-order valence-corrected chi connectivity index (χ4v) is 8.28. The van der Waals surface area contributed by atoms with Crippen molar-refractivity contribution in [3.05, 3.63) is 128 Å². The summed E-state index contributed by atoms with van der Waals surface area (Å²) in [6, 6.07) is 20.7. The average Bonchev–Trinajstić information content (AvgIpc) is 3.10. The maximum absolute atomic E-state index is 14.7. The summed E-state index contributed by atoms with van der Waals surface area (Å²) in [6.45, 7) is 0.553. The Morgan fingerprint density at radius 1 is 0.865 bits per heavy atom. The first-order valence-electron chi connectivity index (χ1n) is 16.7. The van der Waals surface area contributed by atoms with Gasteiger partial charge in [-0.2, -0.15) is 13.2 Å².